The number of anilines is 2. The molecule has 27 heavy (non-hydrogen) atoms. The molecule has 2 heterocycles. The van der Waals surface area contributed by atoms with Crippen molar-refractivity contribution in [1.82, 2.24) is 9.38 Å². The molecule has 0 bridgehead atoms. The fourth-order valence-corrected chi connectivity index (χ4v) is 3.02. The van der Waals surface area contributed by atoms with Crippen molar-refractivity contribution in [2.45, 2.75) is 6.42 Å². The summed E-state index contributed by atoms with van der Waals surface area (Å²) in [5.74, 6) is 0.654. The number of carbonyl (C=O) groups is 1. The van der Waals surface area contributed by atoms with Crippen LogP contribution in [0.1, 0.15) is 11.3 Å². The Morgan fingerprint density at radius 1 is 0.926 bits per heavy atom. The van der Waals surface area contributed by atoms with Gasteiger partial charge in [0.25, 0.3) is 0 Å². The zero-order valence-electron chi connectivity index (χ0n) is 14.4. The van der Waals surface area contributed by atoms with Crippen molar-refractivity contribution < 1.29 is 4.79 Å². The van der Waals surface area contributed by atoms with Gasteiger partial charge in [-0.2, -0.15) is 0 Å². The number of hydrogen-bond acceptors (Lipinski definition) is 2. The van der Waals surface area contributed by atoms with Crippen LogP contribution in [0.15, 0.2) is 79.0 Å². The maximum absolute atomic E-state index is 12.5. The number of nitrogens with zero attached hydrogens (tertiary/aromatic N) is 2. The lowest BCUT2D eigenvalue weighted by Crippen LogP contribution is -2.21. The van der Waals surface area contributed by atoms with Gasteiger partial charge < -0.3 is 5.32 Å². The molecule has 2 amide bonds. The van der Waals surface area contributed by atoms with Crippen molar-refractivity contribution >= 4 is 34.8 Å². The third kappa shape index (κ3) is 3.93. The van der Waals surface area contributed by atoms with Gasteiger partial charge in [0.05, 0.1) is 5.69 Å². The second-order valence-electron chi connectivity index (χ2n) is 6.08. The summed E-state index contributed by atoms with van der Waals surface area (Å²) < 4.78 is 1.87. The third-order valence-corrected chi connectivity index (χ3v) is 4.40. The average molecular weight is 377 g/mol. The predicted molar refractivity (Wildman–Crippen MR) is 109 cm³/mol. The summed E-state index contributed by atoms with van der Waals surface area (Å²) in [7, 11) is 0. The lowest BCUT2D eigenvalue weighted by Gasteiger charge is -2.09. The molecule has 0 aliphatic carbocycles. The molecule has 0 aliphatic heterocycles. The van der Waals surface area contributed by atoms with Gasteiger partial charge in [-0.3, -0.25) is 9.72 Å². The summed E-state index contributed by atoms with van der Waals surface area (Å²) in [5.41, 5.74) is 3.38. The molecule has 2 aromatic heterocycles. The summed E-state index contributed by atoms with van der Waals surface area (Å²) in [4.78, 5) is 17.2. The first-order valence-corrected chi connectivity index (χ1v) is 8.90. The SMILES string of the molecule is O=C(Nc1ccc(Cl)cc1)Nc1c(Cc2ccccc2)nc2ccccn12. The summed E-state index contributed by atoms with van der Waals surface area (Å²) in [6.45, 7) is 0. The van der Waals surface area contributed by atoms with Crippen molar-refractivity contribution in [2.24, 2.45) is 0 Å². The van der Waals surface area contributed by atoms with Crippen LogP contribution in [-0.2, 0) is 6.42 Å². The maximum Gasteiger partial charge on any atom is 0.324 e. The molecule has 2 aromatic carbocycles. The van der Waals surface area contributed by atoms with E-state index in [0.29, 0.717) is 22.9 Å². The molecule has 0 unspecified atom stereocenters. The second-order valence-corrected chi connectivity index (χ2v) is 6.52. The van der Waals surface area contributed by atoms with Gasteiger partial charge in [0.1, 0.15) is 11.5 Å². The molecular formula is C21H17ClN4O. The van der Waals surface area contributed by atoms with Crippen LogP contribution >= 0.6 is 11.6 Å². The first kappa shape index (κ1) is 17.1. The van der Waals surface area contributed by atoms with Gasteiger partial charge >= 0.3 is 6.03 Å². The van der Waals surface area contributed by atoms with Crippen LogP contribution in [0, 0.1) is 0 Å². The molecule has 5 nitrogen and oxygen atoms in total. The van der Waals surface area contributed by atoms with Gasteiger partial charge in [0, 0.05) is 23.3 Å². The molecule has 4 rings (SSSR count). The van der Waals surface area contributed by atoms with Gasteiger partial charge in [0.2, 0.25) is 0 Å². The monoisotopic (exact) mass is 376 g/mol. The minimum Gasteiger partial charge on any atom is -0.308 e. The minimum atomic E-state index is -0.336. The fraction of sp³-hybridized carbons (Fsp3) is 0.0476. The van der Waals surface area contributed by atoms with Gasteiger partial charge in [-0.25, -0.2) is 9.78 Å². The smallest absolute Gasteiger partial charge is 0.308 e. The Morgan fingerprint density at radius 2 is 1.67 bits per heavy atom. The highest BCUT2D eigenvalue weighted by Crippen LogP contribution is 2.22. The van der Waals surface area contributed by atoms with E-state index < -0.39 is 0 Å². The number of amides is 2. The highest BCUT2D eigenvalue weighted by atomic mass is 35.5. The van der Waals surface area contributed by atoms with Crippen molar-refractivity contribution in [3.8, 4) is 0 Å². The van der Waals surface area contributed by atoms with E-state index in [1.54, 1.807) is 24.3 Å². The Kier molecular flexibility index (Phi) is 4.77. The molecule has 0 saturated heterocycles. The Balaban J connectivity index is 1.62. The molecule has 2 N–H and O–H groups in total. The topological polar surface area (TPSA) is 58.4 Å². The van der Waals surface area contributed by atoms with Gasteiger partial charge in [0.15, 0.2) is 0 Å². The predicted octanol–water partition coefficient (Wildman–Crippen LogP) is 5.22. The molecule has 0 spiro atoms. The van der Waals surface area contributed by atoms with Gasteiger partial charge in [-0.05, 0) is 42.0 Å². The highest BCUT2D eigenvalue weighted by molar-refractivity contribution is 6.30. The standard InChI is InChI=1S/C21H17ClN4O/c22-16-9-11-17(12-10-16)23-21(27)25-20-18(14-15-6-2-1-3-7-15)24-19-8-4-5-13-26(19)20/h1-13H,14H2,(H2,23,25,27). The summed E-state index contributed by atoms with van der Waals surface area (Å²) in [5, 5.41) is 6.37. The minimum absolute atomic E-state index is 0.336. The normalized spacial score (nSPS) is 10.7. The number of fused-ring (bicyclic) bond motifs is 1. The van der Waals surface area contributed by atoms with E-state index in [1.807, 2.05) is 59.1 Å². The van der Waals surface area contributed by atoms with Gasteiger partial charge in [-0.15, -0.1) is 0 Å². The molecule has 134 valence electrons. The van der Waals surface area contributed by atoms with Crippen LogP contribution in [0.3, 0.4) is 0 Å². The van der Waals surface area contributed by atoms with E-state index in [9.17, 15) is 4.79 Å². The third-order valence-electron chi connectivity index (χ3n) is 4.15. The van der Waals surface area contributed by atoms with Crippen LogP contribution < -0.4 is 10.6 Å². The van der Waals surface area contributed by atoms with Crippen molar-refractivity contribution in [3.63, 3.8) is 0 Å². The molecule has 4 aromatic rings. The second kappa shape index (κ2) is 7.51. The quantitative estimate of drug-likeness (QED) is 0.512. The zero-order valence-corrected chi connectivity index (χ0v) is 15.1. The molecule has 0 aliphatic rings. The molecule has 6 heteroatoms. The summed E-state index contributed by atoms with van der Waals surface area (Å²) in [6, 6.07) is 22.4. The number of nitrogens with one attached hydrogen (secondary N) is 2. The van der Waals surface area contributed by atoms with Crippen molar-refractivity contribution in [3.05, 3.63) is 95.3 Å². The van der Waals surface area contributed by atoms with E-state index in [4.69, 9.17) is 11.6 Å². The maximum atomic E-state index is 12.5. The number of urea groups is 1. The number of carbonyl (C=O) groups excluding carboxylic acids is 1. The number of imidazole rings is 1. The molecule has 0 saturated carbocycles. The largest absolute Gasteiger partial charge is 0.324 e. The van der Waals surface area contributed by atoms with Gasteiger partial charge in [-0.1, -0.05) is 48.0 Å². The van der Waals surface area contributed by atoms with E-state index >= 15 is 0 Å². The van der Waals surface area contributed by atoms with Crippen molar-refractivity contribution in [1.29, 1.82) is 0 Å². The van der Waals surface area contributed by atoms with Crippen LogP contribution in [-0.4, -0.2) is 15.4 Å². The van der Waals surface area contributed by atoms with E-state index in [2.05, 4.69) is 15.6 Å². The first-order chi connectivity index (χ1) is 13.2. The Labute approximate surface area is 161 Å². The van der Waals surface area contributed by atoms with Crippen molar-refractivity contribution in [2.75, 3.05) is 10.6 Å². The van der Waals surface area contributed by atoms with Crippen LogP contribution in [0.5, 0.6) is 0 Å². The lowest BCUT2D eigenvalue weighted by molar-refractivity contribution is 0.262. The first-order valence-electron chi connectivity index (χ1n) is 8.52. The van der Waals surface area contributed by atoms with E-state index in [1.165, 1.54) is 0 Å². The number of pyridine rings is 1. The molecule has 0 fully saturated rings. The molecular weight excluding hydrogens is 360 g/mol. The summed E-state index contributed by atoms with van der Waals surface area (Å²) in [6.07, 6.45) is 2.51. The number of halogens is 1. The van der Waals surface area contributed by atoms with Crippen LogP contribution in [0.25, 0.3) is 5.65 Å². The van der Waals surface area contributed by atoms with E-state index in [-0.39, 0.29) is 6.03 Å². The lowest BCUT2D eigenvalue weighted by atomic mass is 10.1. The summed E-state index contributed by atoms with van der Waals surface area (Å²) >= 11 is 5.89. The number of rotatable bonds is 4. The molecule has 0 radical (unpaired) electrons. The fourth-order valence-electron chi connectivity index (χ4n) is 2.89. The average Bonchev–Trinajstić information content (AvgIpc) is 3.01. The highest BCUT2D eigenvalue weighted by Gasteiger charge is 2.15. The van der Waals surface area contributed by atoms with Crippen LogP contribution in [0.2, 0.25) is 5.02 Å². The Hall–Kier alpha value is -3.31. The number of benzene rings is 2. The molecule has 0 atom stereocenters. The van der Waals surface area contributed by atoms with E-state index in [0.717, 1.165) is 16.9 Å². The number of hydrogen-bond donors (Lipinski definition) is 2. The Bertz CT molecular complexity index is 1070. The Morgan fingerprint density at radius 3 is 2.44 bits per heavy atom. The zero-order chi connectivity index (χ0) is 18.6. The van der Waals surface area contributed by atoms with Crippen LogP contribution in [0.4, 0.5) is 16.3 Å². The number of aromatic nitrogens is 2.